The summed E-state index contributed by atoms with van der Waals surface area (Å²) in [4.78, 5) is 0. The molecule has 0 heterocycles. The van der Waals surface area contributed by atoms with Crippen LogP contribution in [0.2, 0.25) is 0 Å². The molecule has 1 N–H and O–H groups in total. The van der Waals surface area contributed by atoms with E-state index in [1.54, 1.807) is 0 Å². The maximum atomic E-state index is 3.74. The van der Waals surface area contributed by atoms with E-state index in [0.29, 0.717) is 6.04 Å². The highest BCUT2D eigenvalue weighted by Crippen LogP contribution is 2.48. The van der Waals surface area contributed by atoms with Gasteiger partial charge in [0.05, 0.1) is 0 Å². The lowest BCUT2D eigenvalue weighted by molar-refractivity contribution is 0.309. The molecule has 0 radical (unpaired) electrons. The lowest BCUT2D eigenvalue weighted by Gasteiger charge is -2.24. The Morgan fingerprint density at radius 1 is 1.26 bits per heavy atom. The molecule has 2 bridgehead atoms. The number of hydrogen-bond donors (Lipinski definition) is 1. The molecular weight excluding hydrogens is 366 g/mol. The summed E-state index contributed by atoms with van der Waals surface area (Å²) >= 11 is 7.17. The summed E-state index contributed by atoms with van der Waals surface area (Å²) in [6.45, 7) is 3.45. The number of fused-ring (bicyclic) bond motifs is 2. The zero-order chi connectivity index (χ0) is 13.4. The third-order valence-corrected chi connectivity index (χ3v) is 6.18. The molecule has 2 aliphatic carbocycles. The van der Waals surface area contributed by atoms with E-state index in [1.165, 1.54) is 42.3 Å². The van der Waals surface area contributed by atoms with Crippen molar-refractivity contribution in [3.8, 4) is 0 Å². The third kappa shape index (κ3) is 3.08. The molecule has 4 unspecified atom stereocenters. The minimum Gasteiger partial charge on any atom is -0.310 e. The SMILES string of the molecule is CC(NCC1CC2CCC1C2)c1ccc(Br)cc1Br. The highest BCUT2D eigenvalue weighted by Gasteiger charge is 2.39. The van der Waals surface area contributed by atoms with Gasteiger partial charge >= 0.3 is 0 Å². The van der Waals surface area contributed by atoms with Crippen molar-refractivity contribution in [1.82, 2.24) is 5.32 Å². The summed E-state index contributed by atoms with van der Waals surface area (Å²) in [5.74, 6) is 2.99. The summed E-state index contributed by atoms with van der Waals surface area (Å²) in [7, 11) is 0. The zero-order valence-electron chi connectivity index (χ0n) is 11.3. The molecule has 0 saturated heterocycles. The molecule has 0 aromatic heterocycles. The van der Waals surface area contributed by atoms with Crippen LogP contribution in [-0.4, -0.2) is 6.54 Å². The van der Waals surface area contributed by atoms with Crippen LogP contribution in [-0.2, 0) is 0 Å². The number of halogens is 2. The lowest BCUT2D eigenvalue weighted by Crippen LogP contribution is -2.28. The largest absolute Gasteiger partial charge is 0.310 e. The number of hydrogen-bond acceptors (Lipinski definition) is 1. The highest BCUT2D eigenvalue weighted by atomic mass is 79.9. The Bertz CT molecular complexity index is 460. The monoisotopic (exact) mass is 385 g/mol. The summed E-state index contributed by atoms with van der Waals surface area (Å²) < 4.78 is 2.32. The molecule has 1 nitrogen and oxygen atoms in total. The number of nitrogens with one attached hydrogen (secondary N) is 1. The topological polar surface area (TPSA) is 12.0 Å². The van der Waals surface area contributed by atoms with Crippen LogP contribution < -0.4 is 5.32 Å². The summed E-state index contributed by atoms with van der Waals surface area (Å²) in [5.41, 5.74) is 1.35. The second kappa shape index (κ2) is 5.87. The van der Waals surface area contributed by atoms with Crippen LogP contribution in [0, 0.1) is 17.8 Å². The first-order valence-corrected chi connectivity index (χ1v) is 8.90. The fourth-order valence-corrected chi connectivity index (χ4v) is 5.31. The molecule has 0 aliphatic heterocycles. The van der Waals surface area contributed by atoms with Crippen molar-refractivity contribution >= 4 is 31.9 Å². The van der Waals surface area contributed by atoms with Gasteiger partial charge in [-0.25, -0.2) is 0 Å². The predicted octanol–water partition coefficient (Wildman–Crippen LogP) is 5.30. The van der Waals surface area contributed by atoms with Gasteiger partial charge < -0.3 is 5.32 Å². The molecule has 1 aromatic carbocycles. The summed E-state index contributed by atoms with van der Waals surface area (Å²) in [6.07, 6.45) is 5.94. The average Bonchev–Trinajstić information content (AvgIpc) is 2.98. The van der Waals surface area contributed by atoms with E-state index in [1.807, 2.05) is 0 Å². The van der Waals surface area contributed by atoms with Gasteiger partial charge in [0, 0.05) is 15.0 Å². The van der Waals surface area contributed by atoms with E-state index in [9.17, 15) is 0 Å². The fraction of sp³-hybridized carbons (Fsp3) is 0.625. The molecule has 3 rings (SSSR count). The first-order valence-electron chi connectivity index (χ1n) is 7.32. The van der Waals surface area contributed by atoms with Gasteiger partial charge in [0.15, 0.2) is 0 Å². The van der Waals surface area contributed by atoms with Crippen LogP contribution in [0.25, 0.3) is 0 Å². The molecule has 0 amide bonds. The molecule has 2 fully saturated rings. The first kappa shape index (κ1) is 14.1. The van der Waals surface area contributed by atoms with E-state index in [4.69, 9.17) is 0 Å². The van der Waals surface area contributed by atoms with Crippen LogP contribution in [0.5, 0.6) is 0 Å². The highest BCUT2D eigenvalue weighted by molar-refractivity contribution is 9.11. The van der Waals surface area contributed by atoms with E-state index in [-0.39, 0.29) is 0 Å². The van der Waals surface area contributed by atoms with Gasteiger partial charge in [0.25, 0.3) is 0 Å². The summed E-state index contributed by atoms with van der Waals surface area (Å²) in [6, 6.07) is 6.87. The second-order valence-electron chi connectivity index (χ2n) is 6.23. The van der Waals surface area contributed by atoms with Crippen molar-refractivity contribution in [2.75, 3.05) is 6.54 Å². The Hall–Kier alpha value is 0.140. The van der Waals surface area contributed by atoms with Crippen molar-refractivity contribution in [1.29, 1.82) is 0 Å². The van der Waals surface area contributed by atoms with Crippen LogP contribution in [0.4, 0.5) is 0 Å². The molecule has 104 valence electrons. The lowest BCUT2D eigenvalue weighted by atomic mass is 9.88. The maximum Gasteiger partial charge on any atom is 0.0303 e. The van der Waals surface area contributed by atoms with Crippen molar-refractivity contribution in [2.24, 2.45) is 17.8 Å². The standard InChI is InChI=1S/C16H21Br2N/c1-10(15-5-4-14(17)8-16(15)18)19-9-13-7-11-2-3-12(13)6-11/h4-5,8,10-13,19H,2-3,6-7,9H2,1H3. The van der Waals surface area contributed by atoms with Crippen molar-refractivity contribution < 1.29 is 0 Å². The van der Waals surface area contributed by atoms with E-state index in [0.717, 1.165) is 22.2 Å². The van der Waals surface area contributed by atoms with Gasteiger partial charge in [-0.05, 0) is 68.2 Å². The van der Waals surface area contributed by atoms with Crippen molar-refractivity contribution in [3.63, 3.8) is 0 Å². The van der Waals surface area contributed by atoms with Gasteiger partial charge in [-0.2, -0.15) is 0 Å². The first-order chi connectivity index (χ1) is 9.13. The Morgan fingerprint density at radius 3 is 2.74 bits per heavy atom. The molecule has 0 spiro atoms. The summed E-state index contributed by atoms with van der Waals surface area (Å²) in [5, 5.41) is 3.74. The van der Waals surface area contributed by atoms with E-state index in [2.05, 4.69) is 62.3 Å². The minimum atomic E-state index is 0.418. The Balaban J connectivity index is 1.57. The minimum absolute atomic E-state index is 0.418. The Kier molecular flexibility index (Phi) is 4.35. The van der Waals surface area contributed by atoms with E-state index >= 15 is 0 Å². The Morgan fingerprint density at radius 2 is 2.11 bits per heavy atom. The molecule has 1 aromatic rings. The van der Waals surface area contributed by atoms with Crippen molar-refractivity contribution in [2.45, 2.75) is 38.6 Å². The fourth-order valence-electron chi connectivity index (χ4n) is 3.92. The predicted molar refractivity (Wildman–Crippen MR) is 87.2 cm³/mol. The molecule has 3 heteroatoms. The number of benzene rings is 1. The molecular formula is C16H21Br2N. The molecule has 19 heavy (non-hydrogen) atoms. The third-order valence-electron chi connectivity index (χ3n) is 5.00. The van der Waals surface area contributed by atoms with Gasteiger partial charge in [-0.3, -0.25) is 0 Å². The van der Waals surface area contributed by atoms with Crippen molar-refractivity contribution in [3.05, 3.63) is 32.7 Å². The normalized spacial score (nSPS) is 30.8. The van der Waals surface area contributed by atoms with Gasteiger partial charge in [-0.15, -0.1) is 0 Å². The van der Waals surface area contributed by atoms with Gasteiger partial charge in [0.1, 0.15) is 0 Å². The average molecular weight is 387 g/mol. The molecule has 4 atom stereocenters. The van der Waals surface area contributed by atoms with Crippen LogP contribution in [0.15, 0.2) is 27.1 Å². The molecule has 2 saturated carbocycles. The van der Waals surface area contributed by atoms with Gasteiger partial charge in [0.2, 0.25) is 0 Å². The van der Waals surface area contributed by atoms with E-state index < -0.39 is 0 Å². The maximum absolute atomic E-state index is 3.74. The van der Waals surface area contributed by atoms with Crippen LogP contribution in [0.1, 0.15) is 44.2 Å². The zero-order valence-corrected chi connectivity index (χ0v) is 14.5. The second-order valence-corrected chi connectivity index (χ2v) is 8.00. The van der Waals surface area contributed by atoms with Crippen LogP contribution in [0.3, 0.4) is 0 Å². The molecule has 2 aliphatic rings. The smallest absolute Gasteiger partial charge is 0.0303 e. The Labute approximate surface area is 132 Å². The number of rotatable bonds is 4. The van der Waals surface area contributed by atoms with Crippen LogP contribution >= 0.6 is 31.9 Å². The quantitative estimate of drug-likeness (QED) is 0.740. The van der Waals surface area contributed by atoms with Gasteiger partial charge in [-0.1, -0.05) is 44.3 Å².